The third-order valence-electron chi connectivity index (χ3n) is 7.04. The molecule has 1 fully saturated rings. The normalized spacial score (nSPS) is 16.5. The van der Waals surface area contributed by atoms with Gasteiger partial charge in [0.25, 0.3) is 0 Å². The van der Waals surface area contributed by atoms with Crippen molar-refractivity contribution < 1.29 is 23.1 Å². The summed E-state index contributed by atoms with van der Waals surface area (Å²) < 4.78 is 27.4. The molecule has 4 rings (SSSR count). The van der Waals surface area contributed by atoms with Crippen LogP contribution < -0.4 is 5.32 Å². The Hall–Kier alpha value is -3.83. The van der Waals surface area contributed by atoms with Crippen LogP contribution in [0, 0.1) is 5.41 Å². The lowest BCUT2D eigenvalue weighted by Gasteiger charge is -2.25. The Bertz CT molecular complexity index is 1440. The zero-order valence-electron chi connectivity index (χ0n) is 22.5. The van der Waals surface area contributed by atoms with Crippen molar-refractivity contribution >= 4 is 27.6 Å². The summed E-state index contributed by atoms with van der Waals surface area (Å²) in [6, 6.07) is 15.1. The van der Waals surface area contributed by atoms with Gasteiger partial charge in [-0.2, -0.15) is 9.40 Å². The summed E-state index contributed by atoms with van der Waals surface area (Å²) in [5, 5.41) is 27.3. The van der Waals surface area contributed by atoms with Crippen molar-refractivity contribution in [3.8, 4) is 11.3 Å². The van der Waals surface area contributed by atoms with Crippen LogP contribution in [0.4, 0.5) is 0 Å². The van der Waals surface area contributed by atoms with Crippen molar-refractivity contribution in [2.24, 2.45) is 0 Å². The molecule has 1 amide bonds. The molecule has 1 aliphatic heterocycles. The van der Waals surface area contributed by atoms with Gasteiger partial charge in [-0.3, -0.25) is 9.89 Å². The number of hydrogen-bond acceptors (Lipinski definition) is 6. The molecular formula is C29H35N5O5S. The van der Waals surface area contributed by atoms with Gasteiger partial charge in [0.05, 0.1) is 10.6 Å². The topological polar surface area (TPSA) is 156 Å². The van der Waals surface area contributed by atoms with Crippen molar-refractivity contribution in [1.82, 2.24) is 19.8 Å². The lowest BCUT2D eigenvalue weighted by molar-refractivity contribution is -0.142. The zero-order valence-corrected chi connectivity index (χ0v) is 23.3. The van der Waals surface area contributed by atoms with E-state index in [0.717, 1.165) is 48.2 Å². The molecule has 3 aromatic rings. The van der Waals surface area contributed by atoms with Crippen LogP contribution in [0.15, 0.2) is 65.6 Å². The highest BCUT2D eigenvalue weighted by atomic mass is 32.2. The second-order valence-electron chi connectivity index (χ2n) is 10.2. The molecule has 0 aliphatic carbocycles. The van der Waals surface area contributed by atoms with Crippen molar-refractivity contribution in [3.63, 3.8) is 0 Å². The molecule has 1 aromatic heterocycles. The molecule has 1 saturated heterocycles. The Kier molecular flexibility index (Phi) is 9.49. The summed E-state index contributed by atoms with van der Waals surface area (Å²) in [5.74, 6) is -1.80. The van der Waals surface area contributed by atoms with Crippen LogP contribution in [0.1, 0.15) is 50.3 Å². The fourth-order valence-corrected chi connectivity index (χ4v) is 6.55. The van der Waals surface area contributed by atoms with Gasteiger partial charge in [0, 0.05) is 29.9 Å². The molecule has 2 aromatic carbocycles. The maximum atomic E-state index is 13.1. The Labute approximate surface area is 234 Å². The minimum atomic E-state index is -3.88. The van der Waals surface area contributed by atoms with Gasteiger partial charge >= 0.3 is 5.97 Å². The average Bonchev–Trinajstić information content (AvgIpc) is 3.62. The van der Waals surface area contributed by atoms with E-state index >= 15 is 0 Å². The molecule has 4 N–H and O–H groups in total. The summed E-state index contributed by atoms with van der Waals surface area (Å²) in [6.45, 7) is 2.01. The number of aromatic amines is 1. The third-order valence-corrected chi connectivity index (χ3v) is 8.96. The van der Waals surface area contributed by atoms with Gasteiger partial charge in [-0.05, 0) is 69.2 Å². The zero-order chi connectivity index (χ0) is 28.7. The number of rotatable bonds is 13. The number of aliphatic carboxylic acids is 1. The molecule has 2 atom stereocenters. The van der Waals surface area contributed by atoms with Gasteiger partial charge in [-0.25, -0.2) is 13.2 Å². The molecule has 2 heterocycles. The number of carbonyl (C=O) groups excluding carboxylic acids is 1. The van der Waals surface area contributed by atoms with Crippen LogP contribution in [-0.4, -0.2) is 64.2 Å². The van der Waals surface area contributed by atoms with Crippen LogP contribution in [0.2, 0.25) is 0 Å². The quantitative estimate of drug-likeness (QED) is 0.182. The van der Waals surface area contributed by atoms with E-state index < -0.39 is 34.0 Å². The van der Waals surface area contributed by atoms with Gasteiger partial charge in [0.2, 0.25) is 15.9 Å². The largest absolute Gasteiger partial charge is 0.480 e. The minimum Gasteiger partial charge on any atom is -0.480 e. The molecule has 0 spiro atoms. The summed E-state index contributed by atoms with van der Waals surface area (Å²) in [7, 11) is -3.88. The van der Waals surface area contributed by atoms with E-state index in [4.69, 9.17) is 5.41 Å². The van der Waals surface area contributed by atoms with Gasteiger partial charge in [0.15, 0.2) is 0 Å². The maximum absolute atomic E-state index is 13.1. The second kappa shape index (κ2) is 13.0. The number of benzene rings is 2. The lowest BCUT2D eigenvalue weighted by atomic mass is 10.0. The molecule has 0 radical (unpaired) electrons. The first-order valence-corrected chi connectivity index (χ1v) is 14.9. The Balaban J connectivity index is 1.37. The molecule has 40 heavy (non-hydrogen) atoms. The first kappa shape index (κ1) is 29.2. The number of sulfonamides is 1. The molecule has 0 bridgehead atoms. The van der Waals surface area contributed by atoms with Crippen LogP contribution in [0.25, 0.3) is 11.3 Å². The van der Waals surface area contributed by atoms with E-state index in [1.165, 1.54) is 16.4 Å². The summed E-state index contributed by atoms with van der Waals surface area (Å²) in [6.07, 6.45) is 4.47. The second-order valence-corrected chi connectivity index (χ2v) is 12.0. The molecule has 0 saturated carbocycles. The Morgan fingerprint density at radius 3 is 2.55 bits per heavy atom. The summed E-state index contributed by atoms with van der Waals surface area (Å²) in [5.41, 5.74) is 4.09. The lowest BCUT2D eigenvalue weighted by Crippen LogP contribution is -2.51. The van der Waals surface area contributed by atoms with Crippen molar-refractivity contribution in [3.05, 3.63) is 71.9 Å². The van der Waals surface area contributed by atoms with Crippen LogP contribution >= 0.6 is 0 Å². The van der Waals surface area contributed by atoms with Gasteiger partial charge < -0.3 is 15.8 Å². The number of amides is 1. The first-order chi connectivity index (χ1) is 19.1. The average molecular weight is 566 g/mol. The maximum Gasteiger partial charge on any atom is 0.326 e. The van der Waals surface area contributed by atoms with Crippen molar-refractivity contribution in [2.45, 2.75) is 68.8 Å². The number of aromatic nitrogens is 2. The highest BCUT2D eigenvalue weighted by Crippen LogP contribution is 2.26. The number of carboxylic acid groups (broad SMARTS) is 1. The predicted octanol–water partition coefficient (Wildman–Crippen LogP) is 3.79. The SMILES string of the molecule is CC(=N)CCCCc1cc(-c2ccc(CC(NC(=O)[C@@H]3CCCN3S(=O)(=O)c3ccccc3)C(=O)O)cc2)n[nH]1. The van der Waals surface area contributed by atoms with Crippen molar-refractivity contribution in [2.75, 3.05) is 6.54 Å². The fraction of sp³-hybridized carbons (Fsp3) is 0.379. The molecular weight excluding hydrogens is 530 g/mol. The number of unbranched alkanes of at least 4 members (excludes halogenated alkanes) is 1. The predicted molar refractivity (Wildman–Crippen MR) is 152 cm³/mol. The van der Waals surface area contributed by atoms with E-state index in [9.17, 15) is 23.1 Å². The van der Waals surface area contributed by atoms with Crippen LogP contribution in [0.5, 0.6) is 0 Å². The number of aryl methyl sites for hydroxylation is 1. The van der Waals surface area contributed by atoms with E-state index in [0.29, 0.717) is 18.6 Å². The molecule has 10 nitrogen and oxygen atoms in total. The molecule has 1 aliphatic rings. The Morgan fingerprint density at radius 1 is 1.15 bits per heavy atom. The third kappa shape index (κ3) is 7.22. The van der Waals surface area contributed by atoms with E-state index in [-0.39, 0.29) is 17.9 Å². The number of hydrogen-bond donors (Lipinski definition) is 4. The van der Waals surface area contributed by atoms with E-state index in [1.54, 1.807) is 30.3 Å². The Morgan fingerprint density at radius 2 is 1.88 bits per heavy atom. The van der Waals surface area contributed by atoms with Crippen LogP contribution in [-0.2, 0) is 32.5 Å². The van der Waals surface area contributed by atoms with Crippen molar-refractivity contribution in [1.29, 1.82) is 5.41 Å². The summed E-state index contributed by atoms with van der Waals surface area (Å²) >= 11 is 0. The highest BCUT2D eigenvalue weighted by Gasteiger charge is 2.40. The number of carboxylic acids is 1. The highest BCUT2D eigenvalue weighted by molar-refractivity contribution is 7.89. The van der Waals surface area contributed by atoms with Crippen LogP contribution in [0.3, 0.4) is 0 Å². The standard InChI is InChI=1S/C29H35N5O5S/c1-20(30)8-5-6-9-23-19-25(33-32-23)22-15-13-21(14-16-22)18-26(29(36)37)31-28(35)27-12-7-17-34(27)40(38,39)24-10-3-2-4-11-24/h2-4,10-11,13-16,19,26-27,30H,5-9,12,17-18H2,1H3,(H,31,35)(H,32,33)(H,36,37)/t26?,27-/m0/s1. The molecule has 1 unspecified atom stereocenters. The fourth-order valence-electron chi connectivity index (χ4n) is 4.88. The monoisotopic (exact) mass is 565 g/mol. The molecule has 11 heteroatoms. The van der Waals surface area contributed by atoms with Gasteiger partial charge in [-0.15, -0.1) is 0 Å². The van der Waals surface area contributed by atoms with Gasteiger partial charge in [0.1, 0.15) is 12.1 Å². The van der Waals surface area contributed by atoms with Gasteiger partial charge in [-0.1, -0.05) is 42.5 Å². The number of nitrogens with zero attached hydrogens (tertiary/aromatic N) is 2. The minimum absolute atomic E-state index is 0.0533. The smallest absolute Gasteiger partial charge is 0.326 e. The molecule has 212 valence electrons. The number of H-pyrrole nitrogens is 1. The van der Waals surface area contributed by atoms with E-state index in [1.807, 2.05) is 25.1 Å². The summed E-state index contributed by atoms with van der Waals surface area (Å²) in [4.78, 5) is 25.2. The number of nitrogens with one attached hydrogen (secondary N) is 3. The first-order valence-electron chi connectivity index (χ1n) is 13.4. The number of carbonyl (C=O) groups is 2. The van der Waals surface area contributed by atoms with E-state index in [2.05, 4.69) is 15.5 Å².